The van der Waals surface area contributed by atoms with Gasteiger partial charge in [-0.1, -0.05) is 26.7 Å². The van der Waals surface area contributed by atoms with Crippen molar-refractivity contribution in [3.63, 3.8) is 0 Å². The Bertz CT molecular complexity index is 582. The van der Waals surface area contributed by atoms with Gasteiger partial charge in [-0.3, -0.25) is 4.79 Å². The number of nitrogens with one attached hydrogen (secondary N) is 1. The Kier molecular flexibility index (Phi) is 6.85. The van der Waals surface area contributed by atoms with Gasteiger partial charge in [-0.15, -0.1) is 0 Å². The summed E-state index contributed by atoms with van der Waals surface area (Å²) in [5, 5.41) is 3.00. The van der Waals surface area contributed by atoms with Crippen LogP contribution in [-0.4, -0.2) is 30.6 Å². The van der Waals surface area contributed by atoms with Crippen LogP contribution in [-0.2, 0) is 9.53 Å². The molecule has 0 aromatic heterocycles. The number of hydrogen-bond acceptors (Lipinski definition) is 4. The number of carbonyl (C=O) groups is 2. The van der Waals surface area contributed by atoms with Crippen molar-refractivity contribution in [2.75, 3.05) is 6.61 Å². The zero-order chi connectivity index (χ0) is 18.4. The van der Waals surface area contributed by atoms with E-state index < -0.39 is 5.97 Å². The normalized spacial score (nSPS) is 23.2. The lowest BCUT2D eigenvalue weighted by Crippen LogP contribution is -2.45. The maximum absolute atomic E-state index is 12.1. The van der Waals surface area contributed by atoms with Crippen molar-refractivity contribution in [3.8, 4) is 5.75 Å². The second kappa shape index (κ2) is 8.88. The first-order valence-electron chi connectivity index (χ1n) is 9.10. The van der Waals surface area contributed by atoms with Crippen LogP contribution in [0.25, 0.3) is 0 Å². The van der Waals surface area contributed by atoms with E-state index in [4.69, 9.17) is 9.47 Å². The molecule has 1 aromatic rings. The fourth-order valence-electron chi connectivity index (χ4n) is 3.19. The van der Waals surface area contributed by atoms with Crippen molar-refractivity contribution in [1.82, 2.24) is 5.32 Å². The summed E-state index contributed by atoms with van der Waals surface area (Å²) in [6, 6.07) is 6.90. The van der Waals surface area contributed by atoms with Crippen LogP contribution < -0.4 is 10.1 Å². The molecule has 0 bridgehead atoms. The lowest BCUT2D eigenvalue weighted by Gasteiger charge is -2.34. The van der Waals surface area contributed by atoms with E-state index in [0.717, 1.165) is 12.8 Å². The van der Waals surface area contributed by atoms with Crippen molar-refractivity contribution >= 4 is 11.9 Å². The third-order valence-electron chi connectivity index (χ3n) is 4.85. The Hall–Kier alpha value is -2.04. The summed E-state index contributed by atoms with van der Waals surface area (Å²) < 4.78 is 10.7. The van der Waals surface area contributed by atoms with Gasteiger partial charge in [0.15, 0.2) is 6.61 Å². The zero-order valence-corrected chi connectivity index (χ0v) is 15.6. The van der Waals surface area contributed by atoms with Crippen molar-refractivity contribution < 1.29 is 19.1 Å². The third-order valence-corrected chi connectivity index (χ3v) is 4.85. The van der Waals surface area contributed by atoms with Crippen LogP contribution in [0.5, 0.6) is 5.75 Å². The molecule has 5 heteroatoms. The second-order valence-electron chi connectivity index (χ2n) is 7.21. The molecule has 1 amide bonds. The average molecular weight is 347 g/mol. The Morgan fingerprint density at radius 3 is 2.48 bits per heavy atom. The van der Waals surface area contributed by atoms with Gasteiger partial charge >= 0.3 is 5.97 Å². The van der Waals surface area contributed by atoms with Gasteiger partial charge in [0.25, 0.3) is 5.91 Å². The molecule has 0 saturated heterocycles. The third kappa shape index (κ3) is 5.76. The second-order valence-corrected chi connectivity index (χ2v) is 7.21. The largest absolute Gasteiger partial charge is 0.491 e. The molecule has 0 heterocycles. The maximum atomic E-state index is 12.1. The minimum absolute atomic E-state index is 0.0754. The van der Waals surface area contributed by atoms with Crippen LogP contribution in [0.2, 0.25) is 0 Å². The summed E-state index contributed by atoms with van der Waals surface area (Å²) in [5.41, 5.74) is 0.406. The molecule has 1 aromatic carbocycles. The van der Waals surface area contributed by atoms with Gasteiger partial charge < -0.3 is 14.8 Å². The number of ether oxygens (including phenoxy) is 2. The quantitative estimate of drug-likeness (QED) is 0.799. The lowest BCUT2D eigenvalue weighted by molar-refractivity contribution is -0.125. The molecule has 138 valence electrons. The fourth-order valence-corrected chi connectivity index (χ4v) is 3.19. The van der Waals surface area contributed by atoms with Crippen molar-refractivity contribution in [1.29, 1.82) is 0 Å². The standard InChI is InChI=1S/C20H29NO4/c1-13(2)25-17-10-8-16(9-11-17)20(23)24-12-19(22)21-18-7-5-6-14(3)15(18)4/h8-11,13-15,18H,5-7,12H2,1-4H3,(H,21,22)/t14-,15-,18-/m1/s1. The minimum atomic E-state index is -0.503. The number of amides is 1. The molecule has 0 aliphatic heterocycles. The highest BCUT2D eigenvalue weighted by atomic mass is 16.5. The lowest BCUT2D eigenvalue weighted by atomic mass is 9.78. The van der Waals surface area contributed by atoms with E-state index in [0.29, 0.717) is 23.1 Å². The molecule has 25 heavy (non-hydrogen) atoms. The molecule has 2 rings (SSSR count). The van der Waals surface area contributed by atoms with Crippen LogP contribution in [0.15, 0.2) is 24.3 Å². The average Bonchev–Trinajstić information content (AvgIpc) is 2.57. The van der Waals surface area contributed by atoms with Gasteiger partial charge in [-0.25, -0.2) is 4.79 Å². The summed E-state index contributed by atoms with van der Waals surface area (Å²) in [4.78, 5) is 24.1. The molecule has 1 aliphatic rings. The van der Waals surface area contributed by atoms with Crippen molar-refractivity contribution in [2.24, 2.45) is 11.8 Å². The smallest absolute Gasteiger partial charge is 0.338 e. The summed E-state index contributed by atoms with van der Waals surface area (Å²) >= 11 is 0. The number of hydrogen-bond donors (Lipinski definition) is 1. The molecular weight excluding hydrogens is 318 g/mol. The Morgan fingerprint density at radius 1 is 1.16 bits per heavy atom. The first-order valence-corrected chi connectivity index (χ1v) is 9.10. The highest BCUT2D eigenvalue weighted by Gasteiger charge is 2.28. The van der Waals surface area contributed by atoms with Crippen LogP contribution in [0.3, 0.4) is 0 Å². The number of rotatable bonds is 6. The molecule has 1 saturated carbocycles. The van der Waals surface area contributed by atoms with Gasteiger partial charge in [0.2, 0.25) is 0 Å². The molecule has 1 N–H and O–H groups in total. The molecule has 1 fully saturated rings. The summed E-state index contributed by atoms with van der Waals surface area (Å²) in [6.07, 6.45) is 3.40. The number of esters is 1. The predicted molar refractivity (Wildman–Crippen MR) is 96.6 cm³/mol. The van der Waals surface area contributed by atoms with Gasteiger partial charge in [0.1, 0.15) is 5.75 Å². The van der Waals surface area contributed by atoms with Crippen LogP contribution in [0.1, 0.15) is 57.3 Å². The highest BCUT2D eigenvalue weighted by Crippen LogP contribution is 2.29. The van der Waals surface area contributed by atoms with E-state index in [1.54, 1.807) is 24.3 Å². The summed E-state index contributed by atoms with van der Waals surface area (Å²) in [7, 11) is 0. The van der Waals surface area contributed by atoms with E-state index in [1.807, 2.05) is 13.8 Å². The zero-order valence-electron chi connectivity index (χ0n) is 15.6. The summed E-state index contributed by atoms with van der Waals surface area (Å²) in [5.74, 6) is 1.01. The SMILES string of the molecule is CC(C)Oc1ccc(C(=O)OCC(=O)N[C@@H]2CCC[C@@H](C)[C@H]2C)cc1. The van der Waals surface area contributed by atoms with Crippen LogP contribution in [0.4, 0.5) is 0 Å². The van der Waals surface area contributed by atoms with E-state index in [2.05, 4.69) is 19.2 Å². The molecule has 0 spiro atoms. The van der Waals surface area contributed by atoms with Crippen LogP contribution >= 0.6 is 0 Å². The molecule has 0 radical (unpaired) electrons. The van der Waals surface area contributed by atoms with Crippen LogP contribution in [0, 0.1) is 11.8 Å². The van der Waals surface area contributed by atoms with Gasteiger partial charge in [-0.2, -0.15) is 0 Å². The predicted octanol–water partition coefficient (Wildman–Crippen LogP) is 3.57. The molecular formula is C20H29NO4. The topological polar surface area (TPSA) is 64.6 Å². The van der Waals surface area contributed by atoms with E-state index >= 15 is 0 Å². The van der Waals surface area contributed by atoms with Gasteiger partial charge in [0.05, 0.1) is 11.7 Å². The van der Waals surface area contributed by atoms with Crippen molar-refractivity contribution in [3.05, 3.63) is 29.8 Å². The molecule has 1 aliphatic carbocycles. The molecule has 0 unspecified atom stereocenters. The Labute approximate surface area is 150 Å². The van der Waals surface area contributed by atoms with E-state index in [1.165, 1.54) is 6.42 Å². The highest BCUT2D eigenvalue weighted by molar-refractivity contribution is 5.91. The van der Waals surface area contributed by atoms with E-state index in [9.17, 15) is 9.59 Å². The number of benzene rings is 1. The van der Waals surface area contributed by atoms with E-state index in [-0.39, 0.29) is 24.7 Å². The van der Waals surface area contributed by atoms with Crippen molar-refractivity contribution in [2.45, 2.75) is 59.1 Å². The maximum Gasteiger partial charge on any atom is 0.338 e. The fraction of sp³-hybridized carbons (Fsp3) is 0.600. The number of carbonyl (C=O) groups excluding carboxylic acids is 2. The Morgan fingerprint density at radius 2 is 1.84 bits per heavy atom. The minimum Gasteiger partial charge on any atom is -0.491 e. The molecule has 5 nitrogen and oxygen atoms in total. The Balaban J connectivity index is 1.80. The first-order chi connectivity index (χ1) is 11.9. The monoisotopic (exact) mass is 347 g/mol. The summed E-state index contributed by atoms with van der Waals surface area (Å²) in [6.45, 7) is 8.02. The van der Waals surface area contributed by atoms with Gasteiger partial charge in [0, 0.05) is 6.04 Å². The van der Waals surface area contributed by atoms with Gasteiger partial charge in [-0.05, 0) is 56.4 Å². The first kappa shape index (κ1) is 19.3. The molecule has 3 atom stereocenters.